The maximum atomic E-state index is 13.4. The molecule has 4 nitrogen and oxygen atoms in total. The van der Waals surface area contributed by atoms with Gasteiger partial charge in [-0.2, -0.15) is 9.19 Å². The number of benzene rings is 1. The smallest absolute Gasteiger partial charge is 0.396 e. The Hall–Kier alpha value is -1.05. The summed E-state index contributed by atoms with van der Waals surface area (Å²) < 4.78 is 13.0. The number of para-hydroxylation sites is 1. The Labute approximate surface area is 160 Å². The van der Waals surface area contributed by atoms with Crippen LogP contribution in [0.1, 0.15) is 48.0 Å². The van der Waals surface area contributed by atoms with Crippen molar-refractivity contribution in [3.05, 3.63) is 30.3 Å². The monoisotopic (exact) mass is 393 g/mol. The third-order valence-corrected chi connectivity index (χ3v) is 13.4. The average molecular weight is 394 g/mol. The lowest BCUT2D eigenvalue weighted by atomic mass is 10.3. The van der Waals surface area contributed by atoms with E-state index in [1.165, 1.54) is 0 Å². The van der Waals surface area contributed by atoms with E-state index >= 15 is 0 Å². The standard InChI is InChI=1S/C20H32NO3PSi/c1-17(2)26(18(3)4,19(5)6)16-14-21-13-10-15-23-25(21,22)24-20-11-8-7-9-12-20/h7-9,11-12,17-19H,10,13,15H2,1-6H3. The molecule has 1 aliphatic heterocycles. The Morgan fingerprint density at radius 2 is 1.65 bits per heavy atom. The van der Waals surface area contributed by atoms with Crippen molar-refractivity contribution in [2.45, 2.75) is 64.6 Å². The van der Waals surface area contributed by atoms with Crippen molar-refractivity contribution >= 4 is 16.2 Å². The first-order chi connectivity index (χ1) is 12.2. The SMILES string of the molecule is CC(C)[Si](C#CN1CCCO[P+]1([O-])Oc1ccccc1)(C(C)C)C(C)C. The van der Waals surface area contributed by atoms with Crippen LogP contribution in [0.3, 0.4) is 0 Å². The largest absolute Gasteiger partial charge is 0.604 e. The summed E-state index contributed by atoms with van der Waals surface area (Å²) in [5.74, 6) is 0.546. The number of nitrogens with zero attached hydrogens (tertiary/aromatic N) is 1. The lowest BCUT2D eigenvalue weighted by molar-refractivity contribution is -0.227. The van der Waals surface area contributed by atoms with Crippen molar-refractivity contribution in [1.29, 1.82) is 0 Å². The second-order valence-corrected chi connectivity index (χ2v) is 15.3. The highest BCUT2D eigenvalue weighted by atomic mass is 31.2. The minimum atomic E-state index is -3.44. The van der Waals surface area contributed by atoms with Gasteiger partial charge in [-0.15, -0.1) is 5.54 Å². The quantitative estimate of drug-likeness (QED) is 0.401. The Kier molecular flexibility index (Phi) is 7.16. The van der Waals surface area contributed by atoms with Gasteiger partial charge in [0.2, 0.25) is 0 Å². The van der Waals surface area contributed by atoms with Gasteiger partial charge in [-0.05, 0) is 35.2 Å². The van der Waals surface area contributed by atoms with Crippen LogP contribution >= 0.6 is 8.09 Å². The first kappa shape index (κ1) is 21.2. The van der Waals surface area contributed by atoms with E-state index in [9.17, 15) is 4.89 Å². The number of hydrogen-bond acceptors (Lipinski definition) is 4. The van der Waals surface area contributed by atoms with Gasteiger partial charge < -0.3 is 4.89 Å². The van der Waals surface area contributed by atoms with Gasteiger partial charge in [-0.3, -0.25) is 4.52 Å². The van der Waals surface area contributed by atoms with Crippen molar-refractivity contribution < 1.29 is 13.9 Å². The molecule has 0 aliphatic carbocycles. The summed E-state index contributed by atoms with van der Waals surface area (Å²) in [5.41, 5.74) is 5.19. The molecule has 1 aromatic rings. The Morgan fingerprint density at radius 1 is 1.08 bits per heavy atom. The fourth-order valence-electron chi connectivity index (χ4n) is 3.99. The van der Waals surface area contributed by atoms with Gasteiger partial charge in [-0.25, -0.2) is 0 Å². The van der Waals surface area contributed by atoms with Crippen LogP contribution in [0.15, 0.2) is 30.3 Å². The third-order valence-electron chi connectivity index (χ3n) is 5.30. The van der Waals surface area contributed by atoms with Gasteiger partial charge in [0, 0.05) is 6.04 Å². The lowest BCUT2D eigenvalue weighted by Gasteiger charge is -2.39. The molecule has 1 saturated heterocycles. The molecule has 1 heterocycles. The summed E-state index contributed by atoms with van der Waals surface area (Å²) in [6.07, 6.45) is 0.802. The average Bonchev–Trinajstić information content (AvgIpc) is 2.56. The van der Waals surface area contributed by atoms with Crippen LogP contribution in [0.2, 0.25) is 16.6 Å². The van der Waals surface area contributed by atoms with E-state index < -0.39 is 16.2 Å². The maximum absolute atomic E-state index is 13.4. The molecule has 0 spiro atoms. The van der Waals surface area contributed by atoms with Crippen LogP contribution in [-0.4, -0.2) is 25.9 Å². The Morgan fingerprint density at radius 3 is 2.19 bits per heavy atom. The van der Waals surface area contributed by atoms with Crippen molar-refractivity contribution in [3.63, 3.8) is 0 Å². The second-order valence-electron chi connectivity index (χ2n) is 7.82. The van der Waals surface area contributed by atoms with E-state index in [0.717, 1.165) is 6.42 Å². The zero-order valence-corrected chi connectivity index (χ0v) is 18.8. The van der Waals surface area contributed by atoms with Gasteiger partial charge >= 0.3 is 8.09 Å². The van der Waals surface area contributed by atoms with Gasteiger partial charge in [-0.1, -0.05) is 59.7 Å². The van der Waals surface area contributed by atoms with Crippen LogP contribution in [0.25, 0.3) is 0 Å². The van der Waals surface area contributed by atoms with Crippen LogP contribution < -0.4 is 9.42 Å². The molecule has 26 heavy (non-hydrogen) atoms. The van der Waals surface area contributed by atoms with Crippen molar-refractivity contribution in [3.8, 4) is 17.3 Å². The van der Waals surface area contributed by atoms with Crippen LogP contribution in [0, 0.1) is 11.6 Å². The Balaban J connectivity index is 2.34. The first-order valence-electron chi connectivity index (χ1n) is 9.52. The Bertz CT molecular complexity index is 620. The molecule has 1 atom stereocenters. The molecule has 0 bridgehead atoms. The summed E-state index contributed by atoms with van der Waals surface area (Å²) in [6.45, 7) is 14.7. The minimum Gasteiger partial charge on any atom is -0.604 e. The zero-order valence-electron chi connectivity index (χ0n) is 16.9. The predicted octanol–water partition coefficient (Wildman–Crippen LogP) is 5.00. The van der Waals surface area contributed by atoms with Gasteiger partial charge in [0.25, 0.3) is 0 Å². The molecule has 1 fully saturated rings. The summed E-state index contributed by atoms with van der Waals surface area (Å²) in [5, 5.41) is 0. The molecule has 1 aromatic carbocycles. The highest BCUT2D eigenvalue weighted by molar-refractivity contribution is 7.57. The highest BCUT2D eigenvalue weighted by Gasteiger charge is 2.45. The molecular weight excluding hydrogens is 361 g/mol. The van der Waals surface area contributed by atoms with Crippen LogP contribution in [-0.2, 0) is 4.52 Å². The molecule has 0 aromatic heterocycles. The molecule has 0 saturated carbocycles. The van der Waals surface area contributed by atoms with E-state index in [0.29, 0.717) is 35.5 Å². The van der Waals surface area contributed by atoms with Crippen molar-refractivity contribution in [2.24, 2.45) is 0 Å². The van der Waals surface area contributed by atoms with Crippen molar-refractivity contribution in [1.82, 2.24) is 4.67 Å². The topological polar surface area (TPSA) is 44.8 Å². The van der Waals surface area contributed by atoms with E-state index in [1.807, 2.05) is 18.2 Å². The minimum absolute atomic E-state index is 0.434. The molecule has 0 amide bonds. The number of hydrogen-bond donors (Lipinski definition) is 0. The van der Waals surface area contributed by atoms with Crippen LogP contribution in [0.4, 0.5) is 0 Å². The molecule has 6 heteroatoms. The molecule has 0 N–H and O–H groups in total. The van der Waals surface area contributed by atoms with Crippen LogP contribution in [0.5, 0.6) is 5.75 Å². The van der Waals surface area contributed by atoms with E-state index in [-0.39, 0.29) is 0 Å². The molecule has 1 aliphatic rings. The normalized spacial score (nSPS) is 21.1. The predicted molar refractivity (Wildman–Crippen MR) is 110 cm³/mol. The summed E-state index contributed by atoms with van der Waals surface area (Å²) in [6, 6.07) is 12.4. The zero-order chi connectivity index (χ0) is 19.4. The highest BCUT2D eigenvalue weighted by Crippen LogP contribution is 2.57. The maximum Gasteiger partial charge on any atom is 0.396 e. The van der Waals surface area contributed by atoms with E-state index in [4.69, 9.17) is 9.05 Å². The molecule has 1 unspecified atom stereocenters. The van der Waals surface area contributed by atoms with Gasteiger partial charge in [0.1, 0.15) is 8.07 Å². The first-order valence-corrected chi connectivity index (χ1v) is 13.2. The van der Waals surface area contributed by atoms with E-state index in [1.54, 1.807) is 16.8 Å². The number of rotatable bonds is 5. The molecule has 144 valence electrons. The van der Waals surface area contributed by atoms with Gasteiger partial charge in [0.15, 0.2) is 5.75 Å². The van der Waals surface area contributed by atoms with Gasteiger partial charge in [0.05, 0.1) is 13.2 Å². The molecular formula is C20H32NO3PSi. The molecule has 0 radical (unpaired) electrons. The lowest BCUT2D eigenvalue weighted by Crippen LogP contribution is -2.44. The summed E-state index contributed by atoms with van der Waals surface area (Å²) in [7, 11) is -5.34. The van der Waals surface area contributed by atoms with E-state index in [2.05, 4.69) is 53.1 Å². The fraction of sp³-hybridized carbons (Fsp3) is 0.600. The molecule has 2 rings (SSSR count). The van der Waals surface area contributed by atoms with Crippen molar-refractivity contribution in [2.75, 3.05) is 13.2 Å². The second kappa shape index (κ2) is 8.76. The fourth-order valence-corrected chi connectivity index (χ4v) is 10.9. The summed E-state index contributed by atoms with van der Waals surface area (Å²) >= 11 is 0. The summed E-state index contributed by atoms with van der Waals surface area (Å²) in [4.78, 5) is 13.4. The third kappa shape index (κ3) is 4.43.